The van der Waals surface area contributed by atoms with Crippen LogP contribution in [0.1, 0.15) is 28.9 Å². The van der Waals surface area contributed by atoms with E-state index < -0.39 is 18.0 Å². The van der Waals surface area contributed by atoms with E-state index in [1.165, 1.54) is 0 Å². The highest BCUT2D eigenvalue weighted by atomic mass is 16.5. The Kier molecular flexibility index (Phi) is 7.73. The molecule has 1 amide bonds. The standard InChI is InChI=1S/C31H26N4O4/c1-2-38-27-18-10-9-17-26(27)33-30(36)29(22-12-5-3-6-13-22)39-31(37)25-21-35(24-15-7-4-8-16-24)34-28(25)23-14-11-19-32-20-23/h3-21,29H,2H2,1H3,(H,33,36). The zero-order valence-corrected chi connectivity index (χ0v) is 21.2. The zero-order chi connectivity index (χ0) is 27.0. The van der Waals surface area contributed by atoms with Crippen molar-refractivity contribution in [3.05, 3.63) is 127 Å². The zero-order valence-electron chi connectivity index (χ0n) is 21.2. The second-order valence-electron chi connectivity index (χ2n) is 8.53. The minimum atomic E-state index is -1.23. The van der Waals surface area contributed by atoms with Crippen LogP contribution in [0.4, 0.5) is 5.69 Å². The Hall–Kier alpha value is -5.24. The Morgan fingerprint density at radius 2 is 1.62 bits per heavy atom. The minimum absolute atomic E-state index is 0.204. The van der Waals surface area contributed by atoms with Gasteiger partial charge in [-0.1, -0.05) is 60.7 Å². The van der Waals surface area contributed by atoms with Crippen molar-refractivity contribution < 1.29 is 19.1 Å². The third kappa shape index (κ3) is 5.86. The van der Waals surface area contributed by atoms with Crippen molar-refractivity contribution >= 4 is 17.6 Å². The highest BCUT2D eigenvalue weighted by Gasteiger charge is 2.29. The molecular weight excluding hydrogens is 492 g/mol. The van der Waals surface area contributed by atoms with Crippen molar-refractivity contribution in [1.29, 1.82) is 0 Å². The van der Waals surface area contributed by atoms with Gasteiger partial charge in [0.25, 0.3) is 5.91 Å². The quantitative estimate of drug-likeness (QED) is 0.245. The summed E-state index contributed by atoms with van der Waals surface area (Å²) in [5.74, 6) is -0.687. The van der Waals surface area contributed by atoms with Crippen LogP contribution in [0.2, 0.25) is 0 Å². The Labute approximate surface area is 225 Å². The van der Waals surface area contributed by atoms with Gasteiger partial charge in [-0.25, -0.2) is 9.48 Å². The minimum Gasteiger partial charge on any atom is -0.492 e. The van der Waals surface area contributed by atoms with Gasteiger partial charge in [0.05, 0.1) is 18.0 Å². The molecule has 1 atom stereocenters. The molecule has 0 bridgehead atoms. The Morgan fingerprint density at radius 1 is 0.897 bits per heavy atom. The van der Waals surface area contributed by atoms with Crippen LogP contribution in [0.5, 0.6) is 5.75 Å². The van der Waals surface area contributed by atoms with Crippen LogP contribution in [-0.4, -0.2) is 33.2 Å². The fraction of sp³-hybridized carbons (Fsp3) is 0.0968. The molecule has 0 radical (unpaired) electrons. The van der Waals surface area contributed by atoms with Gasteiger partial charge in [-0.05, 0) is 43.3 Å². The molecule has 39 heavy (non-hydrogen) atoms. The van der Waals surface area contributed by atoms with Gasteiger partial charge in [-0.2, -0.15) is 5.10 Å². The van der Waals surface area contributed by atoms with Crippen LogP contribution < -0.4 is 10.1 Å². The van der Waals surface area contributed by atoms with Crippen molar-refractivity contribution in [2.45, 2.75) is 13.0 Å². The summed E-state index contributed by atoms with van der Waals surface area (Å²) in [6, 6.07) is 29.0. The Morgan fingerprint density at radius 3 is 2.33 bits per heavy atom. The number of pyridine rings is 1. The van der Waals surface area contributed by atoms with E-state index in [0.29, 0.717) is 34.9 Å². The number of nitrogens with one attached hydrogen (secondary N) is 1. The lowest BCUT2D eigenvalue weighted by atomic mass is 10.1. The van der Waals surface area contributed by atoms with Gasteiger partial charge in [-0.3, -0.25) is 9.78 Å². The van der Waals surface area contributed by atoms with Crippen LogP contribution in [0.3, 0.4) is 0 Å². The van der Waals surface area contributed by atoms with Gasteiger partial charge >= 0.3 is 5.97 Å². The topological polar surface area (TPSA) is 95.3 Å². The summed E-state index contributed by atoms with van der Waals surface area (Å²) in [5, 5.41) is 7.51. The monoisotopic (exact) mass is 518 g/mol. The molecular formula is C31H26N4O4. The molecule has 8 nitrogen and oxygen atoms in total. The van der Waals surface area contributed by atoms with Gasteiger partial charge in [-0.15, -0.1) is 0 Å². The van der Waals surface area contributed by atoms with Crippen LogP contribution in [0.15, 0.2) is 116 Å². The fourth-order valence-electron chi connectivity index (χ4n) is 4.07. The third-order valence-corrected chi connectivity index (χ3v) is 5.90. The van der Waals surface area contributed by atoms with Crippen molar-refractivity contribution in [3.8, 4) is 22.7 Å². The molecule has 8 heteroatoms. The third-order valence-electron chi connectivity index (χ3n) is 5.90. The molecule has 3 aromatic carbocycles. The smallest absolute Gasteiger partial charge is 0.343 e. The van der Waals surface area contributed by atoms with Gasteiger partial charge in [0.2, 0.25) is 6.10 Å². The maximum absolute atomic E-state index is 13.7. The molecule has 0 aliphatic rings. The summed E-state index contributed by atoms with van der Waals surface area (Å²) in [5.41, 5.74) is 3.02. The van der Waals surface area contributed by atoms with E-state index in [1.54, 1.807) is 71.8 Å². The molecule has 1 N–H and O–H groups in total. The summed E-state index contributed by atoms with van der Waals surface area (Å²) in [6.45, 7) is 2.30. The normalized spacial score (nSPS) is 11.4. The average molecular weight is 519 g/mol. The lowest BCUT2D eigenvalue weighted by molar-refractivity contribution is -0.125. The fourth-order valence-corrected chi connectivity index (χ4v) is 4.07. The van der Waals surface area contributed by atoms with E-state index in [1.807, 2.05) is 55.5 Å². The number of anilines is 1. The number of benzene rings is 3. The first-order chi connectivity index (χ1) is 19.1. The lowest BCUT2D eigenvalue weighted by Crippen LogP contribution is -2.26. The van der Waals surface area contributed by atoms with Crippen LogP contribution in [-0.2, 0) is 9.53 Å². The molecule has 0 fully saturated rings. The van der Waals surface area contributed by atoms with Gasteiger partial charge in [0, 0.05) is 29.7 Å². The Balaban J connectivity index is 1.50. The number of carbonyl (C=O) groups is 2. The van der Waals surface area contributed by atoms with Crippen LogP contribution in [0, 0.1) is 0 Å². The summed E-state index contributed by atoms with van der Waals surface area (Å²) in [6.07, 6.45) is 3.64. The second-order valence-corrected chi connectivity index (χ2v) is 8.53. The van der Waals surface area contributed by atoms with E-state index in [0.717, 1.165) is 5.69 Å². The molecule has 2 heterocycles. The summed E-state index contributed by atoms with van der Waals surface area (Å²) in [4.78, 5) is 31.4. The molecule has 0 spiro atoms. The summed E-state index contributed by atoms with van der Waals surface area (Å²) < 4.78 is 13.2. The molecule has 0 saturated heterocycles. The number of nitrogens with zero attached hydrogens (tertiary/aromatic N) is 3. The molecule has 0 aliphatic heterocycles. The summed E-state index contributed by atoms with van der Waals surface area (Å²) >= 11 is 0. The first-order valence-electron chi connectivity index (χ1n) is 12.5. The maximum atomic E-state index is 13.7. The molecule has 1 unspecified atom stereocenters. The molecule has 0 saturated carbocycles. The predicted octanol–water partition coefficient (Wildman–Crippen LogP) is 5.87. The Bertz CT molecular complexity index is 1550. The highest BCUT2D eigenvalue weighted by Crippen LogP contribution is 2.29. The number of hydrogen-bond donors (Lipinski definition) is 1. The number of ether oxygens (including phenoxy) is 2. The summed E-state index contributed by atoms with van der Waals surface area (Å²) in [7, 11) is 0. The molecule has 5 rings (SSSR count). The van der Waals surface area contributed by atoms with Crippen molar-refractivity contribution in [3.63, 3.8) is 0 Å². The van der Waals surface area contributed by atoms with Crippen LogP contribution >= 0.6 is 0 Å². The molecule has 5 aromatic rings. The van der Waals surface area contributed by atoms with E-state index in [-0.39, 0.29) is 5.56 Å². The van der Waals surface area contributed by atoms with E-state index in [4.69, 9.17) is 9.47 Å². The second kappa shape index (κ2) is 11.9. The number of esters is 1. The van der Waals surface area contributed by atoms with Crippen molar-refractivity contribution in [2.24, 2.45) is 0 Å². The van der Waals surface area contributed by atoms with Crippen molar-refractivity contribution in [2.75, 3.05) is 11.9 Å². The molecule has 194 valence electrons. The maximum Gasteiger partial charge on any atom is 0.343 e. The van der Waals surface area contributed by atoms with Crippen molar-refractivity contribution in [1.82, 2.24) is 14.8 Å². The van der Waals surface area contributed by atoms with Gasteiger partial charge in [0.15, 0.2) is 0 Å². The SMILES string of the molecule is CCOc1ccccc1NC(=O)C(OC(=O)c1cn(-c2ccccc2)nc1-c1cccnc1)c1ccccc1. The first kappa shape index (κ1) is 25.4. The van der Waals surface area contributed by atoms with Gasteiger partial charge in [0.1, 0.15) is 17.0 Å². The van der Waals surface area contributed by atoms with E-state index in [9.17, 15) is 9.59 Å². The average Bonchev–Trinajstić information content (AvgIpc) is 3.44. The largest absolute Gasteiger partial charge is 0.492 e. The number of amides is 1. The molecule has 0 aliphatic carbocycles. The van der Waals surface area contributed by atoms with Gasteiger partial charge < -0.3 is 14.8 Å². The number of hydrogen-bond acceptors (Lipinski definition) is 6. The predicted molar refractivity (Wildman–Crippen MR) is 148 cm³/mol. The highest BCUT2D eigenvalue weighted by molar-refractivity contribution is 6.01. The lowest BCUT2D eigenvalue weighted by Gasteiger charge is -2.19. The first-order valence-corrected chi connectivity index (χ1v) is 12.5. The number of para-hydroxylation sites is 3. The van der Waals surface area contributed by atoms with E-state index in [2.05, 4.69) is 15.4 Å². The number of carbonyl (C=O) groups excluding carboxylic acids is 2. The number of aromatic nitrogens is 3. The number of rotatable bonds is 9. The van der Waals surface area contributed by atoms with E-state index >= 15 is 0 Å². The van der Waals surface area contributed by atoms with Crippen LogP contribution in [0.25, 0.3) is 16.9 Å². The molecule has 2 aromatic heterocycles.